The van der Waals surface area contributed by atoms with Crippen molar-refractivity contribution in [2.75, 3.05) is 13.8 Å². The highest BCUT2D eigenvalue weighted by Gasteiger charge is 2.25. The summed E-state index contributed by atoms with van der Waals surface area (Å²) in [4.78, 5) is 4.33. The first-order valence-electron chi connectivity index (χ1n) is 4.18. The van der Waals surface area contributed by atoms with Gasteiger partial charge in [0.1, 0.15) is 11.8 Å². The molecule has 0 amide bonds. The van der Waals surface area contributed by atoms with Crippen molar-refractivity contribution in [1.29, 1.82) is 0 Å². The molecule has 0 aromatic carbocycles. The average molecular weight is 211 g/mol. The van der Waals surface area contributed by atoms with Crippen LogP contribution in [0.25, 0.3) is 0 Å². The van der Waals surface area contributed by atoms with Gasteiger partial charge in [-0.2, -0.15) is 0 Å². The Morgan fingerprint density at radius 3 is 3.14 bits per heavy atom. The molecule has 0 fully saturated rings. The number of ether oxygens (including phenoxy) is 1. The molecule has 1 radical (unpaired) electrons. The van der Waals surface area contributed by atoms with E-state index in [-0.39, 0.29) is 0 Å². The highest BCUT2D eigenvalue weighted by molar-refractivity contribution is 7.84. The number of nitrogens with zero attached hydrogens (tertiary/aromatic N) is 3. The van der Waals surface area contributed by atoms with E-state index in [0.717, 1.165) is 11.5 Å². The summed E-state index contributed by atoms with van der Waals surface area (Å²) in [5, 5.41) is 4.22. The second kappa shape index (κ2) is 3.56. The molecule has 75 valence electrons. The number of fused-ring (bicyclic) bond motifs is 1. The van der Waals surface area contributed by atoms with Crippen LogP contribution in [0.3, 0.4) is 0 Å². The van der Waals surface area contributed by atoms with Crippen LogP contribution in [0.4, 0.5) is 0 Å². The molecule has 6 heteroatoms. The molecule has 0 spiro atoms. The van der Waals surface area contributed by atoms with Crippen LogP contribution >= 0.6 is 12.6 Å². The topological polar surface area (TPSA) is 40.1 Å². The Morgan fingerprint density at radius 1 is 1.64 bits per heavy atom. The molecular formula is C8H11N4OS. The Morgan fingerprint density at radius 2 is 2.43 bits per heavy atom. The van der Waals surface area contributed by atoms with Gasteiger partial charge in [-0.3, -0.25) is 5.01 Å². The van der Waals surface area contributed by atoms with E-state index in [9.17, 15) is 0 Å². The number of allylic oxidation sites excluding steroid dienone is 1. The number of hydrazine groups is 2. The summed E-state index contributed by atoms with van der Waals surface area (Å²) in [6.45, 7) is 2.38. The van der Waals surface area contributed by atoms with Gasteiger partial charge in [0.2, 0.25) is 0 Å². The highest BCUT2D eigenvalue weighted by Crippen LogP contribution is 2.24. The lowest BCUT2D eigenvalue weighted by atomic mass is 10.3. The molecule has 2 heterocycles. The summed E-state index contributed by atoms with van der Waals surface area (Å²) >= 11 is 5.18. The SMILES string of the molecule is COCN1C=C2N=C(C)C=C([S])N2N1. The first kappa shape index (κ1) is 9.45. The summed E-state index contributed by atoms with van der Waals surface area (Å²) in [6.07, 6.45) is 3.70. The third kappa shape index (κ3) is 1.59. The molecule has 14 heavy (non-hydrogen) atoms. The first-order valence-corrected chi connectivity index (χ1v) is 4.59. The lowest BCUT2D eigenvalue weighted by Crippen LogP contribution is -2.40. The van der Waals surface area contributed by atoms with E-state index >= 15 is 0 Å². The van der Waals surface area contributed by atoms with Crippen LogP contribution in [0.2, 0.25) is 0 Å². The molecule has 0 atom stereocenters. The Labute approximate surface area is 88.1 Å². The maximum Gasteiger partial charge on any atom is 0.167 e. The van der Waals surface area contributed by atoms with Crippen molar-refractivity contribution in [3.8, 4) is 0 Å². The number of aliphatic imine (C=N–C) groups is 1. The number of hydrogen-bond donors (Lipinski definition) is 1. The fourth-order valence-corrected chi connectivity index (χ4v) is 1.61. The van der Waals surface area contributed by atoms with E-state index in [1.807, 2.05) is 19.2 Å². The molecule has 2 aliphatic rings. The van der Waals surface area contributed by atoms with Gasteiger partial charge in [-0.1, -0.05) is 12.6 Å². The molecule has 2 rings (SSSR count). The monoisotopic (exact) mass is 211 g/mol. The quantitative estimate of drug-likeness (QED) is 0.738. The minimum atomic E-state index is 0.456. The lowest BCUT2D eigenvalue weighted by Gasteiger charge is -2.23. The van der Waals surface area contributed by atoms with Gasteiger partial charge in [-0.15, -0.1) is 5.53 Å². The van der Waals surface area contributed by atoms with Gasteiger partial charge in [0.25, 0.3) is 0 Å². The lowest BCUT2D eigenvalue weighted by molar-refractivity contribution is 0.0363. The molecule has 0 unspecified atom stereocenters. The first-order chi connectivity index (χ1) is 6.70. The Bertz CT molecular complexity index is 336. The average Bonchev–Trinajstić information content (AvgIpc) is 2.48. The summed E-state index contributed by atoms with van der Waals surface area (Å²) in [6, 6.07) is 0. The highest BCUT2D eigenvalue weighted by atomic mass is 32.1. The minimum Gasteiger partial charge on any atom is -0.363 e. The van der Waals surface area contributed by atoms with Crippen LogP contribution in [0, 0.1) is 0 Å². The zero-order valence-electron chi connectivity index (χ0n) is 8.02. The van der Waals surface area contributed by atoms with Crippen LogP contribution in [-0.2, 0) is 4.74 Å². The van der Waals surface area contributed by atoms with E-state index in [4.69, 9.17) is 17.4 Å². The van der Waals surface area contributed by atoms with Crippen molar-refractivity contribution in [2.45, 2.75) is 6.92 Å². The maximum absolute atomic E-state index is 5.18. The van der Waals surface area contributed by atoms with Gasteiger partial charge in [0.05, 0.1) is 6.20 Å². The largest absolute Gasteiger partial charge is 0.363 e. The van der Waals surface area contributed by atoms with Gasteiger partial charge in [0, 0.05) is 12.8 Å². The maximum atomic E-state index is 5.18. The molecule has 0 bridgehead atoms. The Balaban J connectivity index is 2.19. The second-order valence-corrected chi connectivity index (χ2v) is 3.46. The van der Waals surface area contributed by atoms with Crippen molar-refractivity contribution in [2.24, 2.45) is 4.99 Å². The second-order valence-electron chi connectivity index (χ2n) is 3.05. The van der Waals surface area contributed by atoms with E-state index in [0.29, 0.717) is 11.8 Å². The zero-order valence-corrected chi connectivity index (χ0v) is 8.84. The van der Waals surface area contributed by atoms with Crippen LogP contribution in [0.1, 0.15) is 6.92 Å². The standard InChI is InChI=1S/C8H11N4OS/c1-6-3-8(14)12-7(9-6)4-11(10-12)5-13-2/h3-4,10H,5H2,1-2H3. The van der Waals surface area contributed by atoms with E-state index in [1.54, 1.807) is 17.1 Å². The predicted octanol–water partition coefficient (Wildman–Crippen LogP) is 0.940. The van der Waals surface area contributed by atoms with Crippen molar-refractivity contribution in [1.82, 2.24) is 15.6 Å². The van der Waals surface area contributed by atoms with Gasteiger partial charge in [-0.05, 0) is 13.0 Å². The normalized spacial score (nSPS) is 20.3. The minimum absolute atomic E-state index is 0.456. The van der Waals surface area contributed by atoms with E-state index in [1.165, 1.54) is 0 Å². The molecule has 0 saturated carbocycles. The van der Waals surface area contributed by atoms with E-state index in [2.05, 4.69) is 10.5 Å². The van der Waals surface area contributed by atoms with Crippen LogP contribution in [-0.4, -0.2) is 29.6 Å². The number of rotatable bonds is 2. The fourth-order valence-electron chi connectivity index (χ4n) is 1.31. The molecule has 1 N–H and O–H groups in total. The third-order valence-corrected chi connectivity index (χ3v) is 2.14. The molecule has 5 nitrogen and oxygen atoms in total. The molecule has 0 aromatic heterocycles. The number of hydrogen-bond acceptors (Lipinski definition) is 5. The summed E-state index contributed by atoms with van der Waals surface area (Å²) in [5.74, 6) is 0.798. The Kier molecular flexibility index (Phi) is 2.40. The zero-order chi connectivity index (χ0) is 10.1. The smallest absolute Gasteiger partial charge is 0.167 e. The van der Waals surface area contributed by atoms with Crippen LogP contribution < -0.4 is 5.53 Å². The number of nitrogens with one attached hydrogen (secondary N) is 1. The summed E-state index contributed by atoms with van der Waals surface area (Å²) in [7, 11) is 1.64. The predicted molar refractivity (Wildman–Crippen MR) is 55.6 cm³/mol. The van der Waals surface area contributed by atoms with Crippen molar-refractivity contribution < 1.29 is 4.74 Å². The van der Waals surface area contributed by atoms with Crippen molar-refractivity contribution in [3.05, 3.63) is 23.1 Å². The summed E-state index contributed by atoms with van der Waals surface area (Å²) < 4.78 is 4.98. The molecule has 0 aromatic rings. The van der Waals surface area contributed by atoms with Crippen LogP contribution in [0.5, 0.6) is 0 Å². The van der Waals surface area contributed by atoms with Gasteiger partial charge >= 0.3 is 0 Å². The number of methoxy groups -OCH3 is 1. The third-order valence-electron chi connectivity index (χ3n) is 1.84. The molecular weight excluding hydrogens is 200 g/mol. The van der Waals surface area contributed by atoms with E-state index < -0.39 is 0 Å². The van der Waals surface area contributed by atoms with Crippen molar-refractivity contribution >= 4 is 18.3 Å². The van der Waals surface area contributed by atoms with Gasteiger partial charge in [0.15, 0.2) is 5.82 Å². The van der Waals surface area contributed by atoms with Gasteiger partial charge in [-0.25, -0.2) is 10.0 Å². The molecule has 0 saturated heterocycles. The van der Waals surface area contributed by atoms with Crippen molar-refractivity contribution in [3.63, 3.8) is 0 Å². The van der Waals surface area contributed by atoms with Gasteiger partial charge < -0.3 is 4.74 Å². The summed E-state index contributed by atoms with van der Waals surface area (Å²) in [5.41, 5.74) is 3.95. The molecule has 0 aliphatic carbocycles. The Hall–Kier alpha value is -1.11. The molecule has 2 aliphatic heterocycles. The fraction of sp³-hybridized carbons (Fsp3) is 0.375. The van der Waals surface area contributed by atoms with Crippen LogP contribution in [0.15, 0.2) is 28.1 Å².